The first kappa shape index (κ1) is 13.5. The van der Waals surface area contributed by atoms with Crippen molar-refractivity contribution in [3.8, 4) is 5.75 Å². The van der Waals surface area contributed by atoms with Gasteiger partial charge >= 0.3 is 0 Å². The molecule has 5 heteroatoms. The van der Waals surface area contributed by atoms with E-state index < -0.39 is 0 Å². The maximum absolute atomic E-state index is 5.65. The van der Waals surface area contributed by atoms with Gasteiger partial charge in [0.15, 0.2) is 5.58 Å². The summed E-state index contributed by atoms with van der Waals surface area (Å²) in [5.74, 6) is 1.66. The van der Waals surface area contributed by atoms with Crippen molar-refractivity contribution in [3.63, 3.8) is 0 Å². The lowest BCUT2D eigenvalue weighted by molar-refractivity contribution is 0.343. The van der Waals surface area contributed by atoms with Gasteiger partial charge in [-0.15, -0.1) is 0 Å². The summed E-state index contributed by atoms with van der Waals surface area (Å²) < 4.78 is 12.3. The summed E-state index contributed by atoms with van der Waals surface area (Å²) in [5.41, 5.74) is 1.72. The first-order valence-electron chi connectivity index (χ1n) is 6.18. The average Bonchev–Trinajstić information content (AvgIpc) is 2.88. The minimum atomic E-state index is 0.616. The molecule has 0 unspecified atom stereocenters. The molecule has 0 radical (unpaired) electrons. The Balaban J connectivity index is 1.51. The first-order valence-corrected chi connectivity index (χ1v) is 7.96. The van der Waals surface area contributed by atoms with E-state index in [0.29, 0.717) is 11.8 Å². The van der Waals surface area contributed by atoms with Gasteiger partial charge in [-0.2, -0.15) is 0 Å². The number of halogens is 1. The average molecular weight is 350 g/mol. The predicted octanol–water partition coefficient (Wildman–Crippen LogP) is 4.76. The Kier molecular flexibility index (Phi) is 4.28. The predicted molar refractivity (Wildman–Crippen MR) is 84.4 cm³/mol. The van der Waals surface area contributed by atoms with Crippen LogP contribution >= 0.6 is 27.7 Å². The maximum atomic E-state index is 5.65. The molecule has 3 aromatic rings. The van der Waals surface area contributed by atoms with Gasteiger partial charge in [0.2, 0.25) is 0 Å². The third-order valence-corrected chi connectivity index (χ3v) is 3.99. The van der Waals surface area contributed by atoms with Crippen molar-refractivity contribution in [2.45, 2.75) is 5.22 Å². The minimum Gasteiger partial charge on any atom is -0.493 e. The van der Waals surface area contributed by atoms with E-state index >= 15 is 0 Å². The lowest BCUT2D eigenvalue weighted by atomic mass is 10.3. The van der Waals surface area contributed by atoms with Gasteiger partial charge in [-0.1, -0.05) is 39.8 Å². The fourth-order valence-electron chi connectivity index (χ4n) is 1.73. The molecule has 3 nitrogen and oxygen atoms in total. The monoisotopic (exact) mass is 349 g/mol. The van der Waals surface area contributed by atoms with Crippen molar-refractivity contribution >= 4 is 38.8 Å². The zero-order chi connectivity index (χ0) is 13.8. The molecule has 0 atom stereocenters. The summed E-state index contributed by atoms with van der Waals surface area (Å²) in [4.78, 5) is 4.40. The number of para-hydroxylation sites is 2. The molecule has 2 aromatic carbocycles. The lowest BCUT2D eigenvalue weighted by Gasteiger charge is -2.04. The summed E-state index contributed by atoms with van der Waals surface area (Å²) in [6.07, 6.45) is 0. The Morgan fingerprint density at radius 1 is 1.10 bits per heavy atom. The topological polar surface area (TPSA) is 35.3 Å². The normalized spacial score (nSPS) is 10.8. The van der Waals surface area contributed by atoms with Gasteiger partial charge in [-0.3, -0.25) is 0 Å². The molecule has 0 saturated carbocycles. The molecule has 0 aliphatic heterocycles. The Morgan fingerprint density at radius 3 is 2.70 bits per heavy atom. The highest BCUT2D eigenvalue weighted by Gasteiger charge is 2.05. The molecule has 0 fully saturated rings. The highest BCUT2D eigenvalue weighted by molar-refractivity contribution is 9.10. The number of ether oxygens (including phenoxy) is 1. The second kappa shape index (κ2) is 6.33. The second-order valence-electron chi connectivity index (χ2n) is 4.10. The van der Waals surface area contributed by atoms with E-state index in [-0.39, 0.29) is 0 Å². The molecule has 20 heavy (non-hydrogen) atoms. The molecule has 0 N–H and O–H groups in total. The molecule has 0 aliphatic carbocycles. The van der Waals surface area contributed by atoms with Gasteiger partial charge in [-0.25, -0.2) is 4.98 Å². The number of thioether (sulfide) groups is 1. The fourth-order valence-corrected chi connectivity index (χ4v) is 2.65. The molecule has 0 bridgehead atoms. The van der Waals surface area contributed by atoms with Crippen molar-refractivity contribution in [1.82, 2.24) is 4.98 Å². The number of hydrogen-bond acceptors (Lipinski definition) is 4. The molecular formula is C15H12BrNO2S. The van der Waals surface area contributed by atoms with Gasteiger partial charge in [0.05, 0.1) is 6.61 Å². The number of fused-ring (bicyclic) bond motifs is 1. The van der Waals surface area contributed by atoms with Gasteiger partial charge < -0.3 is 9.15 Å². The molecular weight excluding hydrogens is 338 g/mol. The van der Waals surface area contributed by atoms with Gasteiger partial charge in [0, 0.05) is 10.2 Å². The van der Waals surface area contributed by atoms with E-state index in [2.05, 4.69) is 20.9 Å². The van der Waals surface area contributed by atoms with Crippen LogP contribution in [0.2, 0.25) is 0 Å². The number of benzene rings is 2. The Labute approximate surface area is 129 Å². The van der Waals surface area contributed by atoms with Gasteiger partial charge in [0.25, 0.3) is 5.22 Å². The molecule has 102 valence electrons. The Hall–Kier alpha value is -1.46. The molecule has 0 amide bonds. The summed E-state index contributed by atoms with van der Waals surface area (Å²) >= 11 is 4.95. The molecule has 3 rings (SSSR count). The molecule has 0 saturated heterocycles. The van der Waals surface area contributed by atoms with E-state index in [1.807, 2.05) is 48.5 Å². The van der Waals surface area contributed by atoms with Gasteiger partial charge in [-0.05, 0) is 36.4 Å². The molecule has 0 spiro atoms. The number of hydrogen-bond donors (Lipinski definition) is 0. The molecule has 1 aromatic heterocycles. The van der Waals surface area contributed by atoms with Crippen LogP contribution in [-0.2, 0) is 0 Å². The maximum Gasteiger partial charge on any atom is 0.256 e. The van der Waals surface area contributed by atoms with Crippen LogP contribution in [0.15, 0.2) is 62.6 Å². The van der Waals surface area contributed by atoms with E-state index in [0.717, 1.165) is 27.1 Å². The van der Waals surface area contributed by atoms with Crippen LogP contribution in [0.1, 0.15) is 0 Å². The lowest BCUT2D eigenvalue weighted by Crippen LogP contribution is -1.99. The summed E-state index contributed by atoms with van der Waals surface area (Å²) in [5, 5.41) is 0.686. The summed E-state index contributed by atoms with van der Waals surface area (Å²) in [7, 11) is 0. The zero-order valence-electron chi connectivity index (χ0n) is 10.6. The highest BCUT2D eigenvalue weighted by Crippen LogP contribution is 2.23. The van der Waals surface area contributed by atoms with Gasteiger partial charge in [0.1, 0.15) is 11.3 Å². The van der Waals surface area contributed by atoms with Crippen LogP contribution in [0.4, 0.5) is 0 Å². The second-order valence-corrected chi connectivity index (χ2v) is 6.06. The van der Waals surface area contributed by atoms with Crippen LogP contribution < -0.4 is 4.74 Å². The third kappa shape index (κ3) is 3.35. The van der Waals surface area contributed by atoms with E-state index in [1.54, 1.807) is 11.8 Å². The highest BCUT2D eigenvalue weighted by atomic mass is 79.9. The standard InChI is InChI=1S/C15H12BrNO2S/c16-11-5-7-12(8-6-11)18-9-10-20-15-17-13-3-1-2-4-14(13)19-15/h1-8H,9-10H2. The zero-order valence-corrected chi connectivity index (χ0v) is 13.0. The number of aromatic nitrogens is 1. The quantitative estimate of drug-likeness (QED) is 0.491. The van der Waals surface area contributed by atoms with E-state index in [1.165, 1.54) is 0 Å². The van der Waals surface area contributed by atoms with E-state index in [9.17, 15) is 0 Å². The van der Waals surface area contributed by atoms with Crippen LogP contribution in [0.5, 0.6) is 5.75 Å². The van der Waals surface area contributed by atoms with Crippen molar-refractivity contribution in [3.05, 3.63) is 53.0 Å². The summed E-state index contributed by atoms with van der Waals surface area (Å²) in [6, 6.07) is 15.6. The Bertz CT molecular complexity index is 663. The smallest absolute Gasteiger partial charge is 0.256 e. The minimum absolute atomic E-state index is 0.616. The van der Waals surface area contributed by atoms with Crippen LogP contribution in [0.25, 0.3) is 11.1 Å². The van der Waals surface area contributed by atoms with Crippen LogP contribution in [-0.4, -0.2) is 17.3 Å². The SMILES string of the molecule is Brc1ccc(OCCSc2nc3ccccc3o2)cc1. The van der Waals surface area contributed by atoms with Crippen molar-refractivity contribution in [1.29, 1.82) is 0 Å². The van der Waals surface area contributed by atoms with Crippen LogP contribution in [0, 0.1) is 0 Å². The Morgan fingerprint density at radius 2 is 1.90 bits per heavy atom. The van der Waals surface area contributed by atoms with E-state index in [4.69, 9.17) is 9.15 Å². The number of nitrogens with zero attached hydrogens (tertiary/aromatic N) is 1. The molecule has 0 aliphatic rings. The van der Waals surface area contributed by atoms with Crippen molar-refractivity contribution in [2.75, 3.05) is 12.4 Å². The fraction of sp³-hybridized carbons (Fsp3) is 0.133. The largest absolute Gasteiger partial charge is 0.493 e. The summed E-state index contributed by atoms with van der Waals surface area (Å²) in [6.45, 7) is 0.616. The van der Waals surface area contributed by atoms with Crippen molar-refractivity contribution < 1.29 is 9.15 Å². The third-order valence-electron chi connectivity index (χ3n) is 2.67. The molecule has 1 heterocycles. The number of rotatable bonds is 5. The van der Waals surface area contributed by atoms with Crippen LogP contribution in [0.3, 0.4) is 0 Å². The number of oxazole rings is 1. The first-order chi connectivity index (χ1) is 9.81. The van der Waals surface area contributed by atoms with Crippen molar-refractivity contribution in [2.24, 2.45) is 0 Å².